The fraction of sp³-hybridized carbons (Fsp3) is 0.529. The van der Waals surface area contributed by atoms with Crippen molar-refractivity contribution in [1.82, 2.24) is 4.90 Å². The molecule has 2 rings (SSSR count). The van der Waals surface area contributed by atoms with Gasteiger partial charge in [0.25, 0.3) is 0 Å². The van der Waals surface area contributed by atoms with Gasteiger partial charge in [0.1, 0.15) is 0 Å². The van der Waals surface area contributed by atoms with Gasteiger partial charge in [0, 0.05) is 12.6 Å². The number of hydrogen-bond acceptors (Lipinski definition) is 2. The minimum absolute atomic E-state index is 0.212. The number of nitriles is 1. The summed E-state index contributed by atoms with van der Waals surface area (Å²) in [7, 11) is 0. The molecule has 0 aromatic heterocycles. The van der Waals surface area contributed by atoms with Crippen LogP contribution in [0.4, 0.5) is 0 Å². The summed E-state index contributed by atoms with van der Waals surface area (Å²) in [5.74, 6) is 0.212. The smallest absolute Gasteiger partial charge is 0.227 e. The van der Waals surface area contributed by atoms with Crippen LogP contribution in [0.2, 0.25) is 0 Å². The Morgan fingerprint density at radius 1 is 1.25 bits per heavy atom. The van der Waals surface area contributed by atoms with E-state index in [0.717, 1.165) is 24.9 Å². The molecule has 1 aromatic carbocycles. The molecule has 1 saturated carbocycles. The number of amides is 1. The van der Waals surface area contributed by atoms with E-state index < -0.39 is 0 Å². The van der Waals surface area contributed by atoms with Crippen LogP contribution in [-0.4, -0.2) is 23.4 Å². The van der Waals surface area contributed by atoms with E-state index in [9.17, 15) is 4.79 Å². The lowest BCUT2D eigenvalue weighted by atomic mass is 9.93. The number of rotatable bonds is 4. The summed E-state index contributed by atoms with van der Waals surface area (Å²) >= 11 is 0. The largest absolute Gasteiger partial charge is 0.340 e. The highest BCUT2D eigenvalue weighted by molar-refractivity contribution is 5.79. The Hall–Kier alpha value is -1.82. The van der Waals surface area contributed by atoms with Gasteiger partial charge in [0.2, 0.25) is 5.91 Å². The molecule has 106 valence electrons. The van der Waals surface area contributed by atoms with Crippen LogP contribution in [0.15, 0.2) is 24.3 Å². The number of likely N-dealkylation sites (N-methyl/N-ethyl adjacent to an activating group) is 1. The lowest BCUT2D eigenvalue weighted by molar-refractivity contribution is -0.133. The fourth-order valence-electron chi connectivity index (χ4n) is 3.00. The number of carbonyl (C=O) groups excluding carboxylic acids is 1. The summed E-state index contributed by atoms with van der Waals surface area (Å²) in [6.45, 7) is 2.85. The summed E-state index contributed by atoms with van der Waals surface area (Å²) in [6, 6.07) is 9.84. The van der Waals surface area contributed by atoms with E-state index in [4.69, 9.17) is 5.26 Å². The van der Waals surface area contributed by atoms with Gasteiger partial charge >= 0.3 is 0 Å². The fourth-order valence-corrected chi connectivity index (χ4v) is 3.00. The van der Waals surface area contributed by atoms with Gasteiger partial charge < -0.3 is 4.90 Å². The molecule has 1 aliphatic carbocycles. The summed E-state index contributed by atoms with van der Waals surface area (Å²) in [4.78, 5) is 14.5. The lowest BCUT2D eigenvalue weighted by Gasteiger charge is -2.33. The van der Waals surface area contributed by atoms with E-state index in [1.807, 2.05) is 17.0 Å². The Morgan fingerprint density at radius 3 is 2.45 bits per heavy atom. The molecule has 0 atom stereocenters. The maximum Gasteiger partial charge on any atom is 0.227 e. The highest BCUT2D eigenvalue weighted by atomic mass is 16.2. The van der Waals surface area contributed by atoms with Gasteiger partial charge in [-0.1, -0.05) is 31.4 Å². The molecule has 0 heterocycles. The zero-order valence-corrected chi connectivity index (χ0v) is 12.1. The van der Waals surface area contributed by atoms with Crippen LogP contribution in [0.25, 0.3) is 0 Å². The van der Waals surface area contributed by atoms with Crippen LogP contribution in [0.3, 0.4) is 0 Å². The summed E-state index contributed by atoms with van der Waals surface area (Å²) in [6.07, 6.45) is 6.52. The molecule has 0 N–H and O–H groups in total. The van der Waals surface area contributed by atoms with Crippen molar-refractivity contribution in [3.8, 4) is 6.07 Å². The van der Waals surface area contributed by atoms with E-state index >= 15 is 0 Å². The molecule has 1 aromatic rings. The van der Waals surface area contributed by atoms with E-state index in [0.29, 0.717) is 18.0 Å². The van der Waals surface area contributed by atoms with E-state index in [-0.39, 0.29) is 5.91 Å². The van der Waals surface area contributed by atoms with Crippen molar-refractivity contribution in [2.24, 2.45) is 0 Å². The van der Waals surface area contributed by atoms with Crippen molar-refractivity contribution in [2.75, 3.05) is 6.54 Å². The molecule has 0 saturated heterocycles. The van der Waals surface area contributed by atoms with E-state index in [1.165, 1.54) is 19.3 Å². The molecule has 1 aliphatic rings. The summed E-state index contributed by atoms with van der Waals surface area (Å²) < 4.78 is 0. The molecule has 3 nitrogen and oxygen atoms in total. The number of carbonyl (C=O) groups is 1. The molecule has 1 amide bonds. The zero-order chi connectivity index (χ0) is 14.4. The molecule has 3 heteroatoms. The Balaban J connectivity index is 1.99. The predicted molar refractivity (Wildman–Crippen MR) is 79.1 cm³/mol. The van der Waals surface area contributed by atoms with E-state index in [1.54, 1.807) is 12.1 Å². The molecular formula is C17H22N2O. The molecular weight excluding hydrogens is 248 g/mol. The number of nitrogens with zero attached hydrogens (tertiary/aromatic N) is 2. The van der Waals surface area contributed by atoms with Crippen LogP contribution in [0.1, 0.15) is 50.2 Å². The Labute approximate surface area is 121 Å². The molecule has 0 radical (unpaired) electrons. The van der Waals surface area contributed by atoms with E-state index in [2.05, 4.69) is 13.0 Å². The van der Waals surface area contributed by atoms with Crippen LogP contribution in [0.5, 0.6) is 0 Å². The van der Waals surface area contributed by atoms with Crippen molar-refractivity contribution < 1.29 is 4.79 Å². The van der Waals surface area contributed by atoms with Crippen molar-refractivity contribution in [1.29, 1.82) is 5.26 Å². The van der Waals surface area contributed by atoms with Crippen LogP contribution in [0, 0.1) is 11.3 Å². The normalized spacial score (nSPS) is 15.6. The molecule has 1 fully saturated rings. The van der Waals surface area contributed by atoms with Gasteiger partial charge in [-0.15, -0.1) is 0 Å². The quantitative estimate of drug-likeness (QED) is 0.842. The standard InChI is InChI=1S/C17H22N2O/c1-2-19(16-6-4-3-5-7-16)17(20)12-14-8-10-15(13-18)11-9-14/h8-11,16H,2-7,12H2,1H3. The maximum atomic E-state index is 12.5. The van der Waals surface area contributed by atoms with Crippen LogP contribution in [-0.2, 0) is 11.2 Å². The highest BCUT2D eigenvalue weighted by Gasteiger charge is 2.23. The number of hydrogen-bond donors (Lipinski definition) is 0. The van der Waals surface area contributed by atoms with Crippen LogP contribution < -0.4 is 0 Å². The van der Waals surface area contributed by atoms with Gasteiger partial charge in [-0.25, -0.2) is 0 Å². The second kappa shape index (κ2) is 7.09. The lowest BCUT2D eigenvalue weighted by Crippen LogP contribution is -2.42. The molecule has 20 heavy (non-hydrogen) atoms. The first-order valence-corrected chi connectivity index (χ1v) is 7.53. The van der Waals surface area contributed by atoms with Crippen molar-refractivity contribution in [3.05, 3.63) is 35.4 Å². The molecule has 0 spiro atoms. The second-order valence-corrected chi connectivity index (χ2v) is 5.46. The second-order valence-electron chi connectivity index (χ2n) is 5.46. The Kier molecular flexibility index (Phi) is 5.17. The third-order valence-electron chi connectivity index (χ3n) is 4.11. The topological polar surface area (TPSA) is 44.1 Å². The van der Waals surface area contributed by atoms with Crippen molar-refractivity contribution in [2.45, 2.75) is 51.5 Å². The van der Waals surface area contributed by atoms with Gasteiger partial charge in [-0.2, -0.15) is 5.26 Å². The predicted octanol–water partition coefficient (Wildman–Crippen LogP) is 3.28. The molecule has 0 unspecified atom stereocenters. The third-order valence-corrected chi connectivity index (χ3v) is 4.11. The maximum absolute atomic E-state index is 12.5. The van der Waals surface area contributed by atoms with Crippen LogP contribution >= 0.6 is 0 Å². The first-order chi connectivity index (χ1) is 9.74. The average Bonchev–Trinajstić information content (AvgIpc) is 2.50. The summed E-state index contributed by atoms with van der Waals surface area (Å²) in [5, 5.41) is 8.78. The van der Waals surface area contributed by atoms with Gasteiger partial charge in [0.15, 0.2) is 0 Å². The van der Waals surface area contributed by atoms with Crippen molar-refractivity contribution >= 4 is 5.91 Å². The third kappa shape index (κ3) is 3.60. The van der Waals surface area contributed by atoms with Crippen molar-refractivity contribution in [3.63, 3.8) is 0 Å². The Bertz CT molecular complexity index is 481. The Morgan fingerprint density at radius 2 is 1.90 bits per heavy atom. The molecule has 0 aliphatic heterocycles. The van der Waals surface area contributed by atoms with Gasteiger partial charge in [-0.3, -0.25) is 4.79 Å². The minimum Gasteiger partial charge on any atom is -0.340 e. The SMILES string of the molecule is CCN(C(=O)Cc1ccc(C#N)cc1)C1CCCCC1. The highest BCUT2D eigenvalue weighted by Crippen LogP contribution is 2.23. The first kappa shape index (κ1) is 14.6. The summed E-state index contributed by atoms with van der Waals surface area (Å²) in [5.41, 5.74) is 1.63. The van der Waals surface area contributed by atoms with Gasteiger partial charge in [0.05, 0.1) is 18.1 Å². The molecule has 0 bridgehead atoms. The number of benzene rings is 1. The minimum atomic E-state index is 0.212. The monoisotopic (exact) mass is 270 g/mol. The average molecular weight is 270 g/mol. The first-order valence-electron chi connectivity index (χ1n) is 7.53. The van der Waals surface area contributed by atoms with Gasteiger partial charge in [-0.05, 0) is 37.5 Å². The zero-order valence-electron chi connectivity index (χ0n) is 12.1.